The molecule has 1 aromatic heterocycles. The number of halogens is 1. The van der Waals surface area contributed by atoms with Gasteiger partial charge >= 0.3 is 6.03 Å². The van der Waals surface area contributed by atoms with Gasteiger partial charge in [-0.1, -0.05) is 18.2 Å². The Hall–Kier alpha value is -3.13. The maximum absolute atomic E-state index is 13.1. The van der Waals surface area contributed by atoms with Crippen LogP contribution in [0.3, 0.4) is 0 Å². The molecule has 2 aromatic carbocycles. The molecule has 3 rings (SSSR count). The highest BCUT2D eigenvalue weighted by molar-refractivity contribution is 7.91. The number of para-hydroxylation sites is 1. The molecule has 6 nitrogen and oxygen atoms in total. The van der Waals surface area contributed by atoms with Gasteiger partial charge in [-0.2, -0.15) is 0 Å². The van der Waals surface area contributed by atoms with Crippen LogP contribution < -0.4 is 10.6 Å². The lowest BCUT2D eigenvalue weighted by Gasteiger charge is -2.17. The van der Waals surface area contributed by atoms with E-state index < -0.39 is 26.9 Å². The van der Waals surface area contributed by atoms with Crippen LogP contribution in [-0.2, 0) is 9.84 Å². The number of rotatable bonds is 6. The van der Waals surface area contributed by atoms with Crippen LogP contribution in [0.5, 0.6) is 0 Å². The van der Waals surface area contributed by atoms with Crippen LogP contribution in [0.25, 0.3) is 0 Å². The summed E-state index contributed by atoms with van der Waals surface area (Å²) in [6.45, 7) is -0.216. The van der Waals surface area contributed by atoms with Gasteiger partial charge in [0.05, 0.1) is 11.2 Å². The number of hydrogen-bond acceptors (Lipinski definition) is 4. The smallest absolute Gasteiger partial charge is 0.319 e. The Labute approximate surface area is 155 Å². The number of furan rings is 1. The molecule has 0 radical (unpaired) electrons. The predicted molar refractivity (Wildman–Crippen MR) is 98.5 cm³/mol. The summed E-state index contributed by atoms with van der Waals surface area (Å²) in [5.74, 6) is -0.358. The van der Waals surface area contributed by atoms with Gasteiger partial charge in [-0.25, -0.2) is 17.6 Å². The van der Waals surface area contributed by atoms with E-state index in [-0.39, 0.29) is 17.2 Å². The molecule has 0 aliphatic carbocycles. The number of sulfone groups is 1. The van der Waals surface area contributed by atoms with Crippen molar-refractivity contribution in [2.75, 3.05) is 11.9 Å². The van der Waals surface area contributed by atoms with Crippen LogP contribution in [0.2, 0.25) is 0 Å². The molecular formula is C19H17FN2O4S. The number of benzene rings is 2. The molecule has 3 aromatic rings. The van der Waals surface area contributed by atoms with Crippen LogP contribution in [-0.4, -0.2) is 21.0 Å². The van der Waals surface area contributed by atoms with Gasteiger partial charge in [0.15, 0.2) is 9.84 Å². The summed E-state index contributed by atoms with van der Waals surface area (Å²) in [5, 5.41) is 4.01. The van der Waals surface area contributed by atoms with Crippen molar-refractivity contribution in [1.82, 2.24) is 5.32 Å². The first-order valence-corrected chi connectivity index (χ1v) is 9.64. The number of anilines is 1. The Morgan fingerprint density at radius 2 is 1.70 bits per heavy atom. The van der Waals surface area contributed by atoms with E-state index in [0.717, 1.165) is 12.1 Å². The van der Waals surface area contributed by atoms with Gasteiger partial charge in [0.1, 0.15) is 16.8 Å². The minimum atomic E-state index is -3.91. The average Bonchev–Trinajstić information content (AvgIpc) is 3.17. The average molecular weight is 388 g/mol. The number of amides is 2. The molecule has 1 unspecified atom stereocenters. The van der Waals surface area contributed by atoms with Gasteiger partial charge in [0.2, 0.25) is 0 Å². The van der Waals surface area contributed by atoms with E-state index in [0.29, 0.717) is 5.69 Å². The van der Waals surface area contributed by atoms with Crippen molar-refractivity contribution < 1.29 is 22.0 Å². The zero-order valence-corrected chi connectivity index (χ0v) is 14.9. The van der Waals surface area contributed by atoms with Gasteiger partial charge in [-0.3, -0.25) is 0 Å². The second-order valence-electron chi connectivity index (χ2n) is 5.70. The highest BCUT2D eigenvalue weighted by Gasteiger charge is 2.31. The lowest BCUT2D eigenvalue weighted by molar-refractivity contribution is 0.252. The molecule has 27 heavy (non-hydrogen) atoms. The minimum absolute atomic E-state index is 0.0597. The number of carbonyl (C=O) groups excluding carboxylic acids is 1. The summed E-state index contributed by atoms with van der Waals surface area (Å²) in [6, 6.07) is 15.8. The molecule has 2 N–H and O–H groups in total. The van der Waals surface area contributed by atoms with Crippen LogP contribution in [0.1, 0.15) is 11.0 Å². The third kappa shape index (κ3) is 4.53. The van der Waals surface area contributed by atoms with Crippen molar-refractivity contribution in [1.29, 1.82) is 0 Å². The summed E-state index contributed by atoms with van der Waals surface area (Å²) >= 11 is 0. The predicted octanol–water partition coefficient (Wildman–Crippen LogP) is 3.76. The molecule has 1 atom stereocenters. The quantitative estimate of drug-likeness (QED) is 0.630. The zero-order chi connectivity index (χ0) is 19.3. The van der Waals surface area contributed by atoms with Crippen molar-refractivity contribution in [3.8, 4) is 0 Å². The largest absolute Gasteiger partial charge is 0.468 e. The molecule has 0 saturated carbocycles. The Bertz CT molecular complexity index is 988. The molecule has 0 saturated heterocycles. The van der Waals surface area contributed by atoms with Crippen LogP contribution in [0.4, 0.5) is 14.9 Å². The summed E-state index contributed by atoms with van der Waals surface area (Å²) in [7, 11) is -3.91. The molecule has 0 aliphatic heterocycles. The van der Waals surface area contributed by atoms with E-state index in [1.807, 2.05) is 6.07 Å². The molecule has 0 spiro atoms. The number of hydrogen-bond donors (Lipinski definition) is 2. The molecule has 0 fully saturated rings. The van der Waals surface area contributed by atoms with E-state index in [4.69, 9.17) is 4.42 Å². The van der Waals surface area contributed by atoms with Gasteiger partial charge in [0.25, 0.3) is 0 Å². The molecule has 140 valence electrons. The molecular weight excluding hydrogens is 371 g/mol. The molecule has 0 aliphatic rings. The second kappa shape index (κ2) is 8.05. The van der Waals surface area contributed by atoms with Crippen molar-refractivity contribution in [3.05, 3.63) is 84.6 Å². The highest BCUT2D eigenvalue weighted by Crippen LogP contribution is 2.29. The van der Waals surface area contributed by atoms with Gasteiger partial charge in [0, 0.05) is 12.2 Å². The SMILES string of the molecule is O=C(NCC(c1ccco1)S(=O)(=O)c1ccc(F)cc1)Nc1ccccc1. The number of nitrogens with one attached hydrogen (secondary N) is 2. The summed E-state index contributed by atoms with van der Waals surface area (Å²) in [6.07, 6.45) is 1.35. The first-order chi connectivity index (χ1) is 13.0. The monoisotopic (exact) mass is 388 g/mol. The van der Waals surface area contributed by atoms with Crippen molar-refractivity contribution in [3.63, 3.8) is 0 Å². The van der Waals surface area contributed by atoms with Crippen molar-refractivity contribution in [2.24, 2.45) is 0 Å². The Kier molecular flexibility index (Phi) is 5.56. The maximum Gasteiger partial charge on any atom is 0.319 e. The van der Waals surface area contributed by atoms with Crippen LogP contribution in [0.15, 0.2) is 82.3 Å². The standard InChI is InChI=1S/C19H17FN2O4S/c20-14-8-10-16(11-9-14)27(24,25)18(17-7-4-12-26-17)13-21-19(23)22-15-5-2-1-3-6-15/h1-12,18H,13H2,(H2,21,22,23). The first kappa shape index (κ1) is 18.7. The van der Waals surface area contributed by atoms with E-state index in [2.05, 4.69) is 10.6 Å². The fourth-order valence-electron chi connectivity index (χ4n) is 2.51. The lowest BCUT2D eigenvalue weighted by Crippen LogP contribution is -2.34. The Morgan fingerprint density at radius 3 is 2.33 bits per heavy atom. The molecule has 1 heterocycles. The lowest BCUT2D eigenvalue weighted by atomic mass is 10.3. The van der Waals surface area contributed by atoms with Gasteiger partial charge in [-0.05, 0) is 48.5 Å². The number of carbonyl (C=O) groups is 1. The Morgan fingerprint density at radius 1 is 1.00 bits per heavy atom. The van der Waals surface area contributed by atoms with E-state index in [1.54, 1.807) is 30.3 Å². The normalized spacial score (nSPS) is 12.3. The molecule has 2 amide bonds. The minimum Gasteiger partial charge on any atom is -0.468 e. The fourth-order valence-corrected chi connectivity index (χ4v) is 4.10. The third-order valence-electron chi connectivity index (χ3n) is 3.86. The van der Waals surface area contributed by atoms with E-state index >= 15 is 0 Å². The fraction of sp³-hybridized carbons (Fsp3) is 0.105. The zero-order valence-electron chi connectivity index (χ0n) is 14.1. The van der Waals surface area contributed by atoms with Gasteiger partial charge in [-0.15, -0.1) is 0 Å². The summed E-state index contributed by atoms with van der Waals surface area (Å²) in [4.78, 5) is 12.0. The van der Waals surface area contributed by atoms with E-state index in [1.165, 1.54) is 24.5 Å². The summed E-state index contributed by atoms with van der Waals surface area (Å²) in [5.41, 5.74) is 0.575. The third-order valence-corrected chi connectivity index (χ3v) is 5.93. The topological polar surface area (TPSA) is 88.4 Å². The number of urea groups is 1. The maximum atomic E-state index is 13.1. The second-order valence-corrected chi connectivity index (χ2v) is 7.83. The van der Waals surface area contributed by atoms with Crippen molar-refractivity contribution >= 4 is 21.6 Å². The van der Waals surface area contributed by atoms with Gasteiger partial charge < -0.3 is 15.1 Å². The summed E-state index contributed by atoms with van der Waals surface area (Å²) < 4.78 is 44.3. The Balaban J connectivity index is 1.78. The molecule has 0 bridgehead atoms. The van der Waals surface area contributed by atoms with Crippen molar-refractivity contribution in [2.45, 2.75) is 10.1 Å². The van der Waals surface area contributed by atoms with E-state index in [9.17, 15) is 17.6 Å². The highest BCUT2D eigenvalue weighted by atomic mass is 32.2. The van der Waals surface area contributed by atoms with Crippen LogP contribution >= 0.6 is 0 Å². The van der Waals surface area contributed by atoms with Crippen LogP contribution in [0, 0.1) is 5.82 Å². The first-order valence-electron chi connectivity index (χ1n) is 8.09. The molecule has 8 heteroatoms.